The average Bonchev–Trinajstić information content (AvgIpc) is 2.32. The van der Waals surface area contributed by atoms with Crippen LogP contribution in [0.4, 0.5) is 5.69 Å². The van der Waals surface area contributed by atoms with E-state index < -0.39 is 10.8 Å². The van der Waals surface area contributed by atoms with Gasteiger partial charge in [-0.1, -0.05) is 44.0 Å². The van der Waals surface area contributed by atoms with Crippen LogP contribution in [0.25, 0.3) is 0 Å². The number of anilines is 1. The zero-order chi connectivity index (χ0) is 13.1. The van der Waals surface area contributed by atoms with Crippen LogP contribution < -0.4 is 5.73 Å². The fraction of sp³-hybridized carbons (Fsp3) is 0.0769. The molecule has 0 saturated carbocycles. The lowest BCUT2D eigenvalue weighted by atomic mass is 10.2. The number of nitrogen functional groups attached to an aromatic ring is 1. The van der Waals surface area contributed by atoms with Crippen molar-refractivity contribution >= 4 is 48.3 Å². The van der Waals surface area contributed by atoms with Crippen molar-refractivity contribution in [1.82, 2.24) is 0 Å². The Labute approximate surface area is 125 Å². The Morgan fingerprint density at radius 2 is 1.78 bits per heavy atom. The number of benzene rings is 2. The number of hydrogen-bond donors (Lipinski definition) is 1. The van der Waals surface area contributed by atoms with Crippen molar-refractivity contribution in [1.29, 1.82) is 0 Å². The molecule has 2 aromatic carbocycles. The van der Waals surface area contributed by atoms with E-state index in [1.54, 1.807) is 0 Å². The molecule has 0 spiro atoms. The minimum atomic E-state index is -1.09. The summed E-state index contributed by atoms with van der Waals surface area (Å²) < 4.78 is 14.1. The Morgan fingerprint density at radius 1 is 1.06 bits per heavy atom. The standard InChI is InChI=1S/C13H11Br2NOS/c14-10-2-1-3-12(6-10)18(17)8-9-4-5-11(15)7-13(9)16/h1-7H,8,16H2. The minimum absolute atomic E-state index is 0.426. The van der Waals surface area contributed by atoms with Crippen LogP contribution in [-0.4, -0.2) is 4.21 Å². The smallest absolute Gasteiger partial charge is 0.0575 e. The third-order valence-electron chi connectivity index (χ3n) is 2.45. The number of nitrogens with two attached hydrogens (primary N) is 1. The predicted octanol–water partition coefficient (Wildman–Crippen LogP) is 4.10. The van der Waals surface area contributed by atoms with Crippen LogP contribution >= 0.6 is 31.9 Å². The van der Waals surface area contributed by atoms with Gasteiger partial charge in [0.05, 0.1) is 16.6 Å². The second kappa shape index (κ2) is 5.99. The molecule has 2 nitrogen and oxygen atoms in total. The highest BCUT2D eigenvalue weighted by Gasteiger charge is 2.08. The third kappa shape index (κ3) is 3.43. The van der Waals surface area contributed by atoms with Gasteiger partial charge in [-0.05, 0) is 35.9 Å². The van der Waals surface area contributed by atoms with E-state index in [4.69, 9.17) is 5.73 Å². The van der Waals surface area contributed by atoms with Gasteiger partial charge in [0.2, 0.25) is 0 Å². The molecule has 0 fully saturated rings. The highest BCUT2D eigenvalue weighted by atomic mass is 79.9. The molecular weight excluding hydrogens is 378 g/mol. The first kappa shape index (κ1) is 13.8. The second-order valence-corrected chi connectivity index (χ2v) is 7.07. The summed E-state index contributed by atoms with van der Waals surface area (Å²) in [5.74, 6) is 0.426. The van der Waals surface area contributed by atoms with E-state index in [-0.39, 0.29) is 0 Å². The van der Waals surface area contributed by atoms with Crippen molar-refractivity contribution in [3.63, 3.8) is 0 Å². The van der Waals surface area contributed by atoms with Crippen LogP contribution in [0.2, 0.25) is 0 Å². The van der Waals surface area contributed by atoms with Gasteiger partial charge in [-0.25, -0.2) is 0 Å². The van der Waals surface area contributed by atoms with Gasteiger partial charge >= 0.3 is 0 Å². The number of halogens is 2. The summed E-state index contributed by atoms with van der Waals surface area (Å²) in [5, 5.41) is 0. The summed E-state index contributed by atoms with van der Waals surface area (Å²) in [7, 11) is -1.09. The topological polar surface area (TPSA) is 43.1 Å². The van der Waals surface area contributed by atoms with Crippen molar-refractivity contribution in [3.8, 4) is 0 Å². The maximum absolute atomic E-state index is 12.2. The molecule has 0 amide bonds. The molecule has 2 rings (SSSR count). The number of rotatable bonds is 3. The minimum Gasteiger partial charge on any atom is -0.398 e. The Balaban J connectivity index is 2.21. The molecule has 2 aromatic rings. The Bertz CT molecular complexity index is 601. The first-order chi connectivity index (χ1) is 8.56. The van der Waals surface area contributed by atoms with Gasteiger partial charge in [-0.3, -0.25) is 4.21 Å². The normalized spacial score (nSPS) is 12.3. The van der Waals surface area contributed by atoms with Crippen LogP contribution in [0, 0.1) is 0 Å². The molecule has 1 unspecified atom stereocenters. The Hall–Kier alpha value is -0.650. The van der Waals surface area contributed by atoms with Crippen LogP contribution in [0.1, 0.15) is 5.56 Å². The SMILES string of the molecule is Nc1cc(Br)ccc1CS(=O)c1cccc(Br)c1. The summed E-state index contributed by atoms with van der Waals surface area (Å²) in [6.07, 6.45) is 0. The molecule has 18 heavy (non-hydrogen) atoms. The summed E-state index contributed by atoms with van der Waals surface area (Å²) in [5.41, 5.74) is 7.46. The van der Waals surface area contributed by atoms with Gasteiger partial charge in [0.25, 0.3) is 0 Å². The van der Waals surface area contributed by atoms with Crippen molar-refractivity contribution in [2.75, 3.05) is 5.73 Å². The van der Waals surface area contributed by atoms with Crippen molar-refractivity contribution in [2.24, 2.45) is 0 Å². The molecule has 0 bridgehead atoms. The molecule has 0 aromatic heterocycles. The maximum atomic E-state index is 12.2. The average molecular weight is 389 g/mol. The molecule has 0 aliphatic heterocycles. The third-order valence-corrected chi connectivity index (χ3v) is 4.79. The summed E-state index contributed by atoms with van der Waals surface area (Å²) in [4.78, 5) is 0.798. The summed E-state index contributed by atoms with van der Waals surface area (Å²) >= 11 is 6.73. The van der Waals surface area contributed by atoms with E-state index in [2.05, 4.69) is 31.9 Å². The molecular formula is C13H11Br2NOS. The van der Waals surface area contributed by atoms with Gasteiger partial charge in [-0.15, -0.1) is 0 Å². The molecule has 0 aliphatic carbocycles. The summed E-state index contributed by atoms with van der Waals surface area (Å²) in [6, 6.07) is 13.1. The molecule has 1 atom stereocenters. The van der Waals surface area contributed by atoms with E-state index in [9.17, 15) is 4.21 Å². The monoisotopic (exact) mass is 387 g/mol. The molecule has 0 heterocycles. The Morgan fingerprint density at radius 3 is 2.44 bits per heavy atom. The zero-order valence-corrected chi connectivity index (χ0v) is 13.4. The maximum Gasteiger partial charge on any atom is 0.0575 e. The van der Waals surface area contributed by atoms with Gasteiger partial charge in [0.15, 0.2) is 0 Å². The van der Waals surface area contributed by atoms with Gasteiger partial charge in [0, 0.05) is 19.5 Å². The van der Waals surface area contributed by atoms with E-state index in [0.29, 0.717) is 11.4 Å². The van der Waals surface area contributed by atoms with Gasteiger partial charge in [0.1, 0.15) is 0 Å². The molecule has 0 saturated heterocycles. The lowest BCUT2D eigenvalue weighted by Crippen LogP contribution is -2.00. The van der Waals surface area contributed by atoms with Gasteiger partial charge < -0.3 is 5.73 Å². The van der Waals surface area contributed by atoms with E-state index in [1.807, 2.05) is 42.5 Å². The quantitative estimate of drug-likeness (QED) is 0.804. The first-order valence-electron chi connectivity index (χ1n) is 5.24. The van der Waals surface area contributed by atoms with E-state index in [0.717, 1.165) is 19.4 Å². The number of hydrogen-bond acceptors (Lipinski definition) is 2. The molecule has 0 aliphatic rings. The molecule has 94 valence electrons. The van der Waals surface area contributed by atoms with Crippen molar-refractivity contribution in [3.05, 3.63) is 57.0 Å². The zero-order valence-electron chi connectivity index (χ0n) is 9.40. The van der Waals surface area contributed by atoms with Crippen molar-refractivity contribution < 1.29 is 4.21 Å². The highest BCUT2D eigenvalue weighted by Crippen LogP contribution is 2.22. The van der Waals surface area contributed by atoms with E-state index in [1.165, 1.54) is 0 Å². The van der Waals surface area contributed by atoms with E-state index >= 15 is 0 Å². The van der Waals surface area contributed by atoms with Crippen LogP contribution in [-0.2, 0) is 16.6 Å². The lowest BCUT2D eigenvalue weighted by Gasteiger charge is -2.06. The van der Waals surface area contributed by atoms with Crippen molar-refractivity contribution in [2.45, 2.75) is 10.6 Å². The lowest BCUT2D eigenvalue weighted by molar-refractivity contribution is 0.682. The highest BCUT2D eigenvalue weighted by molar-refractivity contribution is 9.10. The fourth-order valence-electron chi connectivity index (χ4n) is 1.53. The fourth-order valence-corrected chi connectivity index (χ4v) is 3.66. The molecule has 2 N–H and O–H groups in total. The first-order valence-corrected chi connectivity index (χ1v) is 8.14. The molecule has 5 heteroatoms. The predicted molar refractivity (Wildman–Crippen MR) is 82.8 cm³/mol. The summed E-state index contributed by atoms with van der Waals surface area (Å²) in [6.45, 7) is 0. The largest absolute Gasteiger partial charge is 0.398 e. The Kier molecular flexibility index (Phi) is 4.59. The second-order valence-electron chi connectivity index (χ2n) is 3.79. The van der Waals surface area contributed by atoms with Crippen LogP contribution in [0.3, 0.4) is 0 Å². The van der Waals surface area contributed by atoms with Gasteiger partial charge in [-0.2, -0.15) is 0 Å². The molecule has 0 radical (unpaired) electrons. The van der Waals surface area contributed by atoms with Crippen LogP contribution in [0.5, 0.6) is 0 Å². The van der Waals surface area contributed by atoms with Crippen LogP contribution in [0.15, 0.2) is 56.3 Å².